The van der Waals surface area contributed by atoms with Crippen LogP contribution in [0.3, 0.4) is 0 Å². The van der Waals surface area contributed by atoms with E-state index >= 15 is 0 Å². The number of aliphatic hydroxyl groups excluding tert-OH is 1. The molecule has 0 aliphatic heterocycles. The highest BCUT2D eigenvalue weighted by Crippen LogP contribution is 1.97. The zero-order valence-corrected chi connectivity index (χ0v) is 5.85. The molecule has 9 heavy (non-hydrogen) atoms. The smallest absolute Gasteiger partial charge is 0.196 e. The summed E-state index contributed by atoms with van der Waals surface area (Å²) in [6.07, 6.45) is 2.64. The molecule has 0 atom stereocenters. The molecule has 0 rings (SSSR count). The minimum atomic E-state index is -0.167. The molecule has 0 aromatic carbocycles. The molecule has 0 bridgehead atoms. The van der Waals surface area contributed by atoms with Crippen LogP contribution in [0, 0.1) is 0 Å². The number of hydrogen-bond acceptors (Lipinski definition) is 2. The van der Waals surface area contributed by atoms with Gasteiger partial charge in [-0.2, -0.15) is 0 Å². The van der Waals surface area contributed by atoms with Crippen molar-refractivity contribution in [2.45, 2.75) is 26.7 Å². The summed E-state index contributed by atoms with van der Waals surface area (Å²) in [6.45, 7) is 3.55. The van der Waals surface area contributed by atoms with Crippen LogP contribution in [0.5, 0.6) is 0 Å². The molecule has 0 heterocycles. The Bertz CT molecular complexity index is 125. The maximum Gasteiger partial charge on any atom is 0.196 e. The predicted molar refractivity (Wildman–Crippen MR) is 36.3 cm³/mol. The zero-order chi connectivity index (χ0) is 7.28. The Kier molecular flexibility index (Phi) is 3.76. The van der Waals surface area contributed by atoms with E-state index < -0.39 is 0 Å². The number of carbonyl (C=O) groups is 1. The van der Waals surface area contributed by atoms with Crippen LogP contribution in [-0.2, 0) is 4.79 Å². The third-order valence-corrected chi connectivity index (χ3v) is 1.04. The summed E-state index contributed by atoms with van der Waals surface area (Å²) < 4.78 is 0. The highest BCUT2D eigenvalue weighted by molar-refractivity contribution is 5.92. The van der Waals surface area contributed by atoms with Gasteiger partial charge in [-0.1, -0.05) is 6.92 Å². The molecule has 0 spiro atoms. The van der Waals surface area contributed by atoms with Gasteiger partial charge in [0.25, 0.3) is 0 Å². The fraction of sp³-hybridized carbons (Fsp3) is 0.571. The first kappa shape index (κ1) is 8.21. The van der Waals surface area contributed by atoms with Crippen molar-refractivity contribution in [3.05, 3.63) is 11.8 Å². The second-order valence-electron chi connectivity index (χ2n) is 1.85. The molecule has 0 amide bonds. The van der Waals surface area contributed by atoms with E-state index in [2.05, 4.69) is 0 Å². The van der Waals surface area contributed by atoms with E-state index in [1.807, 2.05) is 6.92 Å². The lowest BCUT2D eigenvalue weighted by Crippen LogP contribution is -1.99. The predicted octanol–water partition coefficient (Wildman–Crippen LogP) is 1.82. The van der Waals surface area contributed by atoms with Crippen molar-refractivity contribution in [2.24, 2.45) is 0 Å². The molecule has 0 radical (unpaired) electrons. The Morgan fingerprint density at radius 2 is 2.22 bits per heavy atom. The lowest BCUT2D eigenvalue weighted by Gasteiger charge is -1.93. The third-order valence-electron chi connectivity index (χ3n) is 1.04. The van der Waals surface area contributed by atoms with E-state index in [4.69, 9.17) is 5.11 Å². The van der Waals surface area contributed by atoms with Gasteiger partial charge in [0.2, 0.25) is 0 Å². The Morgan fingerprint density at radius 3 is 2.56 bits per heavy atom. The monoisotopic (exact) mass is 128 g/mol. The normalized spacial score (nSPS) is 11.6. The van der Waals surface area contributed by atoms with Gasteiger partial charge in [-0.3, -0.25) is 4.79 Å². The van der Waals surface area contributed by atoms with Crippen molar-refractivity contribution < 1.29 is 9.90 Å². The van der Waals surface area contributed by atoms with Crippen molar-refractivity contribution >= 4 is 5.78 Å². The van der Waals surface area contributed by atoms with Gasteiger partial charge < -0.3 is 5.11 Å². The first-order valence-corrected chi connectivity index (χ1v) is 3.10. The average Bonchev–Trinajstić information content (AvgIpc) is 1.87. The largest absolute Gasteiger partial charge is 0.505 e. The van der Waals surface area contributed by atoms with Crippen molar-refractivity contribution in [3.63, 3.8) is 0 Å². The molecule has 0 saturated heterocycles. The van der Waals surface area contributed by atoms with Crippen molar-refractivity contribution in [1.29, 1.82) is 0 Å². The summed E-state index contributed by atoms with van der Waals surface area (Å²) in [5, 5.41) is 8.77. The fourth-order valence-corrected chi connectivity index (χ4v) is 0.516. The number of hydrogen-bond donors (Lipinski definition) is 1. The maximum atomic E-state index is 10.7. The number of allylic oxidation sites excluding steroid dienone is 2. The van der Waals surface area contributed by atoms with Crippen LogP contribution >= 0.6 is 0 Å². The molecule has 0 unspecified atom stereocenters. The highest BCUT2D eigenvalue weighted by Gasteiger charge is 2.02. The van der Waals surface area contributed by atoms with Crippen molar-refractivity contribution in [2.75, 3.05) is 0 Å². The summed E-state index contributed by atoms with van der Waals surface area (Å²) in [6, 6.07) is 0. The number of aliphatic hydroxyl groups is 1. The summed E-state index contributed by atoms with van der Waals surface area (Å²) in [4.78, 5) is 10.7. The second-order valence-corrected chi connectivity index (χ2v) is 1.85. The molecule has 2 nitrogen and oxygen atoms in total. The lowest BCUT2D eigenvalue weighted by atomic mass is 10.2. The number of ketones is 1. The second kappa shape index (κ2) is 4.13. The third kappa shape index (κ3) is 2.90. The van der Waals surface area contributed by atoms with E-state index in [1.54, 1.807) is 6.92 Å². The van der Waals surface area contributed by atoms with Gasteiger partial charge in [0.05, 0.1) is 0 Å². The lowest BCUT2D eigenvalue weighted by molar-refractivity contribution is -0.118. The van der Waals surface area contributed by atoms with E-state index in [-0.39, 0.29) is 11.5 Å². The van der Waals surface area contributed by atoms with Crippen LogP contribution in [-0.4, -0.2) is 10.9 Å². The maximum absolute atomic E-state index is 10.7. The van der Waals surface area contributed by atoms with Gasteiger partial charge in [-0.05, 0) is 19.4 Å². The number of rotatable bonds is 3. The highest BCUT2D eigenvalue weighted by atomic mass is 16.3. The summed E-state index contributed by atoms with van der Waals surface area (Å²) in [5.74, 6) is -0.281. The molecule has 0 saturated carbocycles. The standard InChI is InChI=1S/C7H12O2/c1-3-5-7(9)6(8)4-2/h4,8H,3,5H2,1-2H3/b6-4+. The molecule has 0 aliphatic rings. The van der Waals surface area contributed by atoms with Crippen LogP contribution in [0.25, 0.3) is 0 Å². The van der Waals surface area contributed by atoms with Gasteiger partial charge in [0.1, 0.15) is 0 Å². The molecule has 0 aliphatic carbocycles. The molecule has 52 valence electrons. The molecular weight excluding hydrogens is 116 g/mol. The Hall–Kier alpha value is -0.790. The number of Topliss-reactive ketones (excluding diaryl/α,β-unsaturated/α-hetero) is 1. The van der Waals surface area contributed by atoms with E-state index in [1.165, 1.54) is 6.08 Å². The van der Waals surface area contributed by atoms with E-state index in [9.17, 15) is 4.79 Å². The van der Waals surface area contributed by atoms with E-state index in [0.717, 1.165) is 6.42 Å². The zero-order valence-electron chi connectivity index (χ0n) is 5.85. The van der Waals surface area contributed by atoms with Crippen LogP contribution in [0.15, 0.2) is 11.8 Å². The molecule has 2 heteroatoms. The van der Waals surface area contributed by atoms with Gasteiger partial charge in [0.15, 0.2) is 11.5 Å². The van der Waals surface area contributed by atoms with Gasteiger partial charge >= 0.3 is 0 Å². The van der Waals surface area contributed by atoms with Crippen LogP contribution in [0.1, 0.15) is 26.7 Å². The molecule has 0 fully saturated rings. The Morgan fingerprint density at radius 1 is 1.67 bits per heavy atom. The van der Waals surface area contributed by atoms with Crippen LogP contribution < -0.4 is 0 Å². The Labute approximate surface area is 55.2 Å². The number of carbonyl (C=O) groups excluding carboxylic acids is 1. The minimum absolute atomic E-state index is 0.114. The topological polar surface area (TPSA) is 37.3 Å². The van der Waals surface area contributed by atoms with E-state index in [0.29, 0.717) is 6.42 Å². The minimum Gasteiger partial charge on any atom is -0.505 e. The summed E-state index contributed by atoms with van der Waals surface area (Å²) in [7, 11) is 0. The Balaban J connectivity index is 3.74. The molecular formula is C7H12O2. The SMILES string of the molecule is C/C=C(/O)C(=O)CCC. The molecule has 1 N–H and O–H groups in total. The quantitative estimate of drug-likeness (QED) is 0.465. The first-order valence-electron chi connectivity index (χ1n) is 3.10. The van der Waals surface area contributed by atoms with Gasteiger partial charge in [-0.15, -0.1) is 0 Å². The molecule has 0 aromatic heterocycles. The summed E-state index contributed by atoms with van der Waals surface area (Å²) >= 11 is 0. The van der Waals surface area contributed by atoms with Gasteiger partial charge in [0, 0.05) is 6.42 Å². The first-order chi connectivity index (χ1) is 4.22. The molecule has 0 aromatic rings. The van der Waals surface area contributed by atoms with Gasteiger partial charge in [-0.25, -0.2) is 0 Å². The van der Waals surface area contributed by atoms with Crippen molar-refractivity contribution in [1.82, 2.24) is 0 Å². The summed E-state index contributed by atoms with van der Waals surface area (Å²) in [5.41, 5.74) is 0. The fourth-order valence-electron chi connectivity index (χ4n) is 0.516. The van der Waals surface area contributed by atoms with Crippen molar-refractivity contribution in [3.8, 4) is 0 Å². The average molecular weight is 128 g/mol. The van der Waals surface area contributed by atoms with Crippen LogP contribution in [0.2, 0.25) is 0 Å². The van der Waals surface area contributed by atoms with Crippen LogP contribution in [0.4, 0.5) is 0 Å².